The Morgan fingerprint density at radius 3 is 2.14 bits per heavy atom. The van der Waals surface area contributed by atoms with E-state index >= 15 is 0 Å². The molecule has 0 unspecified atom stereocenters. The summed E-state index contributed by atoms with van der Waals surface area (Å²) in [6.07, 6.45) is 8.68. The number of hydrogen-bond donors (Lipinski definition) is 1. The molecule has 0 spiro atoms. The second-order valence-electron chi connectivity index (χ2n) is 14.7. The van der Waals surface area contributed by atoms with Crippen molar-refractivity contribution < 1.29 is 38.8 Å². The Morgan fingerprint density at radius 1 is 0.980 bits per heavy atom. The second kappa shape index (κ2) is 18.8. The van der Waals surface area contributed by atoms with Gasteiger partial charge in [-0.1, -0.05) is 111 Å². The zero-order valence-electron chi connectivity index (χ0n) is 31.9. The molecule has 1 radical (unpaired) electrons. The van der Waals surface area contributed by atoms with Gasteiger partial charge in [0, 0.05) is 55.1 Å². The van der Waals surface area contributed by atoms with Crippen molar-refractivity contribution in [2.24, 2.45) is 17.8 Å². The van der Waals surface area contributed by atoms with Crippen LogP contribution in [-0.2, 0) is 36.7 Å². The molecule has 0 fully saturated rings. The molecular weight excluding hydrogens is 802 g/mol. The molecule has 4 rings (SSSR count). The standard InChI is InChI=1S/C31H32FNO.C13H24O2.Ir/c1-18(2)12-21-8-9-23(22(15-21)10-11-33)20(4)24-13-19(3)14-26-25-16-27(31(5,6)7)28(32)17-29(25)34-30(24)26;1-5-10(6-2)12(14)9-13(15)11(7-3)8-4;/h8-11,14-18H,12H2,1-7H3;9-11,14H,5-8H2,1-4H3;/q-2;;/b22-10-,23-20+;12-9-;. The van der Waals surface area contributed by atoms with Gasteiger partial charge in [0.05, 0.1) is 5.76 Å². The van der Waals surface area contributed by atoms with Crippen molar-refractivity contribution in [3.05, 3.63) is 98.2 Å². The first kappa shape index (κ1) is 42.8. The number of hydrogen-bond acceptors (Lipinski definition) is 3. The van der Waals surface area contributed by atoms with Crippen molar-refractivity contribution in [1.29, 1.82) is 0 Å². The quantitative estimate of drug-likeness (QED) is 0.0707. The molecule has 0 atom stereocenters. The first-order valence-corrected chi connectivity index (χ1v) is 17.9. The summed E-state index contributed by atoms with van der Waals surface area (Å²) in [4.78, 5) is 11.7. The van der Waals surface area contributed by atoms with Crippen LogP contribution in [0.25, 0.3) is 39.0 Å². The van der Waals surface area contributed by atoms with E-state index in [0.717, 1.165) is 76.2 Å². The van der Waals surface area contributed by atoms with Crippen LogP contribution in [0.5, 0.6) is 0 Å². The average molecular weight is 858 g/mol. The van der Waals surface area contributed by atoms with Crippen LogP contribution in [0.4, 0.5) is 4.39 Å². The van der Waals surface area contributed by atoms with Gasteiger partial charge in [0.2, 0.25) is 0 Å². The summed E-state index contributed by atoms with van der Waals surface area (Å²) < 4.78 is 21.2. The van der Waals surface area contributed by atoms with Gasteiger partial charge in [0.1, 0.15) is 11.4 Å². The Hall–Kier alpha value is -3.34. The van der Waals surface area contributed by atoms with E-state index < -0.39 is 0 Å². The maximum Gasteiger partial charge on any atom is 0.162 e. The van der Waals surface area contributed by atoms with Crippen LogP contribution in [0, 0.1) is 36.6 Å². The van der Waals surface area contributed by atoms with Crippen LogP contribution < -0.4 is 10.4 Å². The number of aliphatic hydroxyl groups is 1. The molecule has 1 heterocycles. The molecule has 0 bridgehead atoms. The maximum absolute atomic E-state index is 14.9. The largest absolute Gasteiger partial charge is 0.811 e. The molecule has 1 aromatic heterocycles. The Balaban J connectivity index is 0.000000461. The third kappa shape index (κ3) is 10.4. The van der Waals surface area contributed by atoms with Gasteiger partial charge in [-0.25, -0.2) is 4.39 Å². The summed E-state index contributed by atoms with van der Waals surface area (Å²) in [5.74, 6) is 0.838. The predicted octanol–water partition coefficient (Wildman–Crippen LogP) is 10.8. The van der Waals surface area contributed by atoms with Gasteiger partial charge in [-0.05, 0) is 65.8 Å². The molecular formula is C44H56FIrNO3-2. The van der Waals surface area contributed by atoms with Crippen molar-refractivity contribution in [3.8, 4) is 0 Å². The van der Waals surface area contributed by atoms with Crippen LogP contribution in [-0.4, -0.2) is 17.1 Å². The smallest absolute Gasteiger partial charge is 0.162 e. The van der Waals surface area contributed by atoms with Gasteiger partial charge >= 0.3 is 0 Å². The van der Waals surface area contributed by atoms with E-state index in [1.54, 1.807) is 6.08 Å². The normalized spacial score (nSPS) is 13.2. The number of allylic oxidation sites excluding steroid dienone is 2. The molecule has 0 aliphatic rings. The first-order valence-electron chi connectivity index (χ1n) is 17.9. The molecule has 3 aromatic carbocycles. The number of ketones is 1. The fraction of sp³-hybridized carbons (Fsp3) is 0.455. The van der Waals surface area contributed by atoms with Crippen molar-refractivity contribution >= 4 is 45.6 Å². The van der Waals surface area contributed by atoms with Crippen molar-refractivity contribution in [2.75, 3.05) is 0 Å². The summed E-state index contributed by atoms with van der Waals surface area (Å²) in [6.45, 7) is 22.6. The molecule has 0 saturated heterocycles. The number of rotatable bonds is 11. The number of halogens is 1. The fourth-order valence-electron chi connectivity index (χ4n) is 6.50. The Bertz CT molecular complexity index is 1940. The number of nitrogens with zero attached hydrogens (tertiary/aromatic N) is 1. The predicted molar refractivity (Wildman–Crippen MR) is 206 cm³/mol. The van der Waals surface area contributed by atoms with E-state index in [4.69, 9.17) is 4.42 Å². The monoisotopic (exact) mass is 858 g/mol. The SMILES string of the molecule is C/C(c1[c-]c(C)cc2c1oc1cc(F)c(C(C)(C)C)cc12)=c1/ccc(CC(C)C)c/c1=C/C=[N-].CCC(CC)C(=O)/C=C(\O)C(CC)CC.[Ir]. The zero-order valence-corrected chi connectivity index (χ0v) is 34.3. The van der Waals surface area contributed by atoms with Gasteiger partial charge < -0.3 is 14.9 Å². The van der Waals surface area contributed by atoms with Crippen LogP contribution in [0.3, 0.4) is 0 Å². The average Bonchev–Trinajstić information content (AvgIpc) is 3.38. The fourth-order valence-corrected chi connectivity index (χ4v) is 6.50. The van der Waals surface area contributed by atoms with Crippen molar-refractivity contribution in [1.82, 2.24) is 0 Å². The molecule has 4 nitrogen and oxygen atoms in total. The Labute approximate surface area is 312 Å². The van der Waals surface area contributed by atoms with Gasteiger partial charge in [-0.15, -0.1) is 28.8 Å². The van der Waals surface area contributed by atoms with Crippen molar-refractivity contribution in [3.63, 3.8) is 0 Å². The van der Waals surface area contributed by atoms with E-state index in [1.807, 2.05) is 68.4 Å². The number of carbonyl (C=O) groups is 1. The van der Waals surface area contributed by atoms with Crippen LogP contribution in [0.15, 0.2) is 52.7 Å². The number of furan rings is 1. The molecule has 0 saturated carbocycles. The van der Waals surface area contributed by atoms with E-state index in [9.17, 15) is 19.7 Å². The van der Waals surface area contributed by atoms with Crippen molar-refractivity contribution in [2.45, 2.75) is 114 Å². The maximum atomic E-state index is 14.9. The minimum Gasteiger partial charge on any atom is -0.811 e. The summed E-state index contributed by atoms with van der Waals surface area (Å²) in [6, 6.07) is 15.3. The second-order valence-corrected chi connectivity index (χ2v) is 14.7. The van der Waals surface area contributed by atoms with Crippen LogP contribution in [0.1, 0.15) is 117 Å². The van der Waals surface area contributed by atoms with E-state index in [-0.39, 0.29) is 54.7 Å². The molecule has 4 aromatic rings. The van der Waals surface area contributed by atoms with E-state index in [0.29, 0.717) is 22.6 Å². The van der Waals surface area contributed by atoms with E-state index in [1.165, 1.54) is 17.7 Å². The first-order chi connectivity index (χ1) is 23.1. The molecule has 0 aliphatic carbocycles. The van der Waals surface area contributed by atoms with Gasteiger partial charge in [-0.3, -0.25) is 4.79 Å². The number of aryl methyl sites for hydroxylation is 1. The number of carbonyl (C=O) groups excluding carboxylic acids is 1. The third-order valence-electron chi connectivity index (χ3n) is 9.41. The summed E-state index contributed by atoms with van der Waals surface area (Å²) in [5.41, 5.74) is 5.67. The summed E-state index contributed by atoms with van der Waals surface area (Å²) in [5, 5.41) is 23.1. The summed E-state index contributed by atoms with van der Waals surface area (Å²) in [7, 11) is 0. The van der Waals surface area contributed by atoms with E-state index in [2.05, 4.69) is 44.2 Å². The molecule has 1 N–H and O–H groups in total. The molecule has 6 heteroatoms. The zero-order chi connectivity index (χ0) is 36.6. The topological polar surface area (TPSA) is 72.7 Å². The van der Waals surface area contributed by atoms with Gasteiger partial charge in [0.25, 0.3) is 0 Å². The Kier molecular flexibility index (Phi) is 16.1. The minimum absolute atomic E-state index is 0. The number of aliphatic hydroxyl groups excluding tert-OH is 1. The van der Waals surface area contributed by atoms with Crippen LogP contribution in [0.2, 0.25) is 0 Å². The number of fused-ring (bicyclic) bond motifs is 3. The molecule has 273 valence electrons. The molecule has 0 amide bonds. The molecule has 0 aliphatic heterocycles. The number of benzene rings is 3. The molecule has 50 heavy (non-hydrogen) atoms. The Morgan fingerprint density at radius 2 is 1.60 bits per heavy atom. The van der Waals surface area contributed by atoms with Crippen LogP contribution >= 0.6 is 0 Å². The third-order valence-corrected chi connectivity index (χ3v) is 9.41. The van der Waals surface area contributed by atoms with Gasteiger partial charge in [-0.2, -0.15) is 6.21 Å². The van der Waals surface area contributed by atoms with Gasteiger partial charge in [0.15, 0.2) is 5.78 Å². The minimum atomic E-state index is -0.314. The summed E-state index contributed by atoms with van der Waals surface area (Å²) >= 11 is 0.